The molecule has 1 saturated heterocycles. The number of morpholine rings is 1. The molecule has 5 rings (SSSR count). The summed E-state index contributed by atoms with van der Waals surface area (Å²) in [6.45, 7) is 6.79. The minimum Gasteiger partial charge on any atom is -0.378 e. The first-order valence-electron chi connectivity index (χ1n) is 10.6. The number of hydrogen-bond donors (Lipinski definition) is 2. The van der Waals surface area contributed by atoms with Gasteiger partial charge in [0, 0.05) is 35.7 Å². The molecular weight excluding hydrogens is 418 g/mol. The van der Waals surface area contributed by atoms with E-state index in [0.717, 1.165) is 37.6 Å². The highest BCUT2D eigenvalue weighted by Gasteiger charge is 2.13. The standard InChI is InChI=1S/C24H23N7O2/c1-2-21(32)27-19-5-3-4-17(14-19)22-23-29-24(26-16-31(23)15-25-22)28-18-6-8-20(9-7-18)30-10-12-33-13-11-30/h2-9,14-16H,1,10-13H2,(H,27,32)(H,28,29). The normalized spacial score (nSPS) is 13.6. The third kappa shape index (κ3) is 4.53. The van der Waals surface area contributed by atoms with Crippen LogP contribution < -0.4 is 15.5 Å². The Hall–Kier alpha value is -4.24. The highest BCUT2D eigenvalue weighted by Crippen LogP contribution is 2.26. The summed E-state index contributed by atoms with van der Waals surface area (Å²) in [4.78, 5) is 27.5. The van der Waals surface area contributed by atoms with Crippen LogP contribution in [-0.2, 0) is 9.53 Å². The van der Waals surface area contributed by atoms with Gasteiger partial charge in [0.05, 0.1) is 13.2 Å². The van der Waals surface area contributed by atoms with Crippen molar-refractivity contribution in [2.45, 2.75) is 0 Å². The largest absolute Gasteiger partial charge is 0.378 e. The van der Waals surface area contributed by atoms with Gasteiger partial charge in [0.25, 0.3) is 0 Å². The third-order valence-corrected chi connectivity index (χ3v) is 5.37. The summed E-state index contributed by atoms with van der Waals surface area (Å²) in [6, 6.07) is 15.6. The molecule has 33 heavy (non-hydrogen) atoms. The molecule has 9 heteroatoms. The molecule has 1 aliphatic heterocycles. The minimum absolute atomic E-state index is 0.268. The highest BCUT2D eigenvalue weighted by atomic mass is 16.5. The van der Waals surface area contributed by atoms with Crippen molar-refractivity contribution in [2.24, 2.45) is 0 Å². The van der Waals surface area contributed by atoms with E-state index < -0.39 is 0 Å². The van der Waals surface area contributed by atoms with Gasteiger partial charge in [-0.3, -0.25) is 9.20 Å². The number of nitrogens with one attached hydrogen (secondary N) is 2. The predicted molar refractivity (Wildman–Crippen MR) is 128 cm³/mol. The average molecular weight is 441 g/mol. The van der Waals surface area contributed by atoms with Crippen LogP contribution in [0.5, 0.6) is 0 Å². The van der Waals surface area contributed by atoms with Crippen LogP contribution in [0.2, 0.25) is 0 Å². The summed E-state index contributed by atoms with van der Waals surface area (Å²) in [5.41, 5.74) is 4.90. The number of hydrogen-bond acceptors (Lipinski definition) is 7. The molecule has 0 spiro atoms. The van der Waals surface area contributed by atoms with E-state index in [1.54, 1.807) is 17.1 Å². The Morgan fingerprint density at radius 2 is 1.82 bits per heavy atom. The van der Waals surface area contributed by atoms with E-state index in [0.29, 0.717) is 23.0 Å². The molecule has 166 valence electrons. The number of carbonyl (C=O) groups excluding carboxylic acids is 1. The number of rotatable bonds is 6. The van der Waals surface area contributed by atoms with Crippen LogP contribution in [0.1, 0.15) is 0 Å². The van der Waals surface area contributed by atoms with E-state index in [4.69, 9.17) is 4.74 Å². The topological polar surface area (TPSA) is 96.7 Å². The number of carbonyl (C=O) groups is 1. The van der Waals surface area contributed by atoms with Gasteiger partial charge in [-0.2, -0.15) is 4.98 Å². The second-order valence-electron chi connectivity index (χ2n) is 7.55. The lowest BCUT2D eigenvalue weighted by Gasteiger charge is -2.28. The molecule has 1 amide bonds. The zero-order valence-electron chi connectivity index (χ0n) is 17.9. The quantitative estimate of drug-likeness (QED) is 0.442. The van der Waals surface area contributed by atoms with Crippen LogP contribution in [0, 0.1) is 0 Å². The molecule has 0 saturated carbocycles. The van der Waals surface area contributed by atoms with Crippen molar-refractivity contribution < 1.29 is 9.53 Å². The maximum atomic E-state index is 11.6. The van der Waals surface area contributed by atoms with Gasteiger partial charge in [-0.05, 0) is 42.5 Å². The van der Waals surface area contributed by atoms with Crippen LogP contribution in [0.25, 0.3) is 16.9 Å². The van der Waals surface area contributed by atoms with Crippen LogP contribution in [-0.4, -0.2) is 51.6 Å². The second-order valence-corrected chi connectivity index (χ2v) is 7.55. The van der Waals surface area contributed by atoms with E-state index in [1.807, 2.05) is 36.4 Å². The third-order valence-electron chi connectivity index (χ3n) is 5.37. The molecule has 2 aromatic heterocycles. The van der Waals surface area contributed by atoms with Crippen molar-refractivity contribution >= 4 is 34.6 Å². The van der Waals surface area contributed by atoms with Gasteiger partial charge in [0.15, 0.2) is 5.65 Å². The summed E-state index contributed by atoms with van der Waals surface area (Å²) in [7, 11) is 0. The van der Waals surface area contributed by atoms with E-state index in [2.05, 4.69) is 49.2 Å². The lowest BCUT2D eigenvalue weighted by molar-refractivity contribution is -0.111. The summed E-state index contributed by atoms with van der Waals surface area (Å²) < 4.78 is 7.18. The molecule has 9 nitrogen and oxygen atoms in total. The molecule has 0 unspecified atom stereocenters. The van der Waals surface area contributed by atoms with Gasteiger partial charge in [0.2, 0.25) is 11.9 Å². The number of benzene rings is 2. The number of imidazole rings is 1. The predicted octanol–water partition coefficient (Wildman–Crippen LogP) is 3.50. The highest BCUT2D eigenvalue weighted by molar-refractivity contribution is 5.99. The van der Waals surface area contributed by atoms with Gasteiger partial charge in [-0.25, -0.2) is 9.97 Å². The maximum Gasteiger partial charge on any atom is 0.247 e. The molecule has 2 aromatic carbocycles. The second kappa shape index (κ2) is 9.09. The van der Waals surface area contributed by atoms with Crippen LogP contribution in [0.4, 0.5) is 23.0 Å². The van der Waals surface area contributed by atoms with Crippen molar-refractivity contribution in [3.8, 4) is 11.3 Å². The Morgan fingerprint density at radius 3 is 2.61 bits per heavy atom. The van der Waals surface area contributed by atoms with E-state index in [9.17, 15) is 4.79 Å². The Labute approximate surface area is 190 Å². The van der Waals surface area contributed by atoms with Crippen LogP contribution in [0.3, 0.4) is 0 Å². The van der Waals surface area contributed by atoms with Crippen molar-refractivity contribution in [1.82, 2.24) is 19.4 Å². The van der Waals surface area contributed by atoms with Crippen molar-refractivity contribution in [3.05, 3.63) is 73.8 Å². The number of anilines is 4. The molecule has 0 bridgehead atoms. The first-order chi connectivity index (χ1) is 16.2. The van der Waals surface area contributed by atoms with E-state index in [1.165, 1.54) is 11.8 Å². The molecule has 0 atom stereocenters. The number of fused-ring (bicyclic) bond motifs is 1. The molecule has 4 aromatic rings. The monoisotopic (exact) mass is 441 g/mol. The van der Waals surface area contributed by atoms with Gasteiger partial charge in [0.1, 0.15) is 18.3 Å². The summed E-state index contributed by atoms with van der Waals surface area (Å²) in [5, 5.41) is 6.03. The van der Waals surface area contributed by atoms with E-state index in [-0.39, 0.29) is 5.91 Å². The summed E-state index contributed by atoms with van der Waals surface area (Å²) >= 11 is 0. The first kappa shape index (κ1) is 20.7. The molecule has 3 heterocycles. The number of nitrogens with zero attached hydrogens (tertiary/aromatic N) is 5. The smallest absolute Gasteiger partial charge is 0.247 e. The fourth-order valence-corrected chi connectivity index (χ4v) is 3.70. The fourth-order valence-electron chi connectivity index (χ4n) is 3.70. The number of amides is 1. The molecule has 0 radical (unpaired) electrons. The first-order valence-corrected chi connectivity index (χ1v) is 10.6. The van der Waals surface area contributed by atoms with Crippen LogP contribution >= 0.6 is 0 Å². The zero-order chi connectivity index (χ0) is 22.6. The Bertz CT molecular complexity index is 1290. The van der Waals surface area contributed by atoms with Gasteiger partial charge < -0.3 is 20.3 Å². The molecule has 1 aliphatic rings. The minimum atomic E-state index is -0.268. The Balaban J connectivity index is 1.38. The average Bonchev–Trinajstić information content (AvgIpc) is 3.28. The maximum absolute atomic E-state index is 11.6. The van der Waals surface area contributed by atoms with E-state index >= 15 is 0 Å². The van der Waals surface area contributed by atoms with Crippen molar-refractivity contribution in [1.29, 1.82) is 0 Å². The van der Waals surface area contributed by atoms with Gasteiger partial charge in [-0.1, -0.05) is 18.7 Å². The zero-order valence-corrected chi connectivity index (χ0v) is 17.9. The molecular formula is C24H23N7O2. The molecule has 2 N–H and O–H groups in total. The van der Waals surface area contributed by atoms with Crippen LogP contribution in [0.15, 0.2) is 73.8 Å². The molecule has 0 aliphatic carbocycles. The van der Waals surface area contributed by atoms with Gasteiger partial charge in [-0.15, -0.1) is 0 Å². The summed E-state index contributed by atoms with van der Waals surface area (Å²) in [6.07, 6.45) is 4.57. The Morgan fingerprint density at radius 1 is 1.03 bits per heavy atom. The number of ether oxygens (including phenoxy) is 1. The molecule has 1 fully saturated rings. The van der Waals surface area contributed by atoms with Crippen molar-refractivity contribution in [2.75, 3.05) is 41.8 Å². The lowest BCUT2D eigenvalue weighted by Crippen LogP contribution is -2.36. The Kier molecular flexibility index (Phi) is 5.69. The summed E-state index contributed by atoms with van der Waals surface area (Å²) in [5.74, 6) is 0.204. The van der Waals surface area contributed by atoms with Gasteiger partial charge >= 0.3 is 0 Å². The lowest BCUT2D eigenvalue weighted by atomic mass is 10.1. The number of aromatic nitrogens is 4. The SMILES string of the molecule is C=CC(=O)Nc1cccc(-c2ncn3cnc(Nc4ccc(N5CCOCC5)cc4)nc23)c1. The fraction of sp³-hybridized carbons (Fsp3) is 0.167. The van der Waals surface area contributed by atoms with Crippen molar-refractivity contribution in [3.63, 3.8) is 0 Å².